The number of allylic oxidation sites excluding steroid dienone is 16. The molecule has 0 aromatic carbocycles. The topological polar surface area (TPSA) is 78.9 Å². The number of carbonyl (C=O) groups is 3. The standard InChI is InChI=1S/C63H106O6/c1-4-7-10-13-16-19-22-25-28-29-30-31-32-33-36-38-41-44-47-50-53-56-62(65)68-59-60(69-63(66)57-54-51-48-45-42-39-35-27-24-21-18-15-12-9-6-3)58-67-61(64)55-52-49-46-43-40-37-34-26-23-20-17-14-11-8-5-2/h8-9,11-12,17-18,20-21,26-27,29-30,34-35,42,45,60H,4-7,10,13-16,19,22-25,28,31-33,36-41,43-44,46-59H2,1-3H3/b11-8-,12-9-,20-17-,21-18-,30-29-,34-26-,35-27-,45-42-. The van der Waals surface area contributed by atoms with Gasteiger partial charge in [0, 0.05) is 19.3 Å². The first-order valence-electron chi connectivity index (χ1n) is 28.7. The van der Waals surface area contributed by atoms with Crippen molar-refractivity contribution in [2.24, 2.45) is 0 Å². The second-order valence-electron chi connectivity index (χ2n) is 18.8. The van der Waals surface area contributed by atoms with E-state index in [4.69, 9.17) is 14.2 Å². The summed E-state index contributed by atoms with van der Waals surface area (Å²) in [6.45, 7) is 6.37. The molecule has 0 fully saturated rings. The van der Waals surface area contributed by atoms with Crippen molar-refractivity contribution in [3.8, 4) is 0 Å². The maximum Gasteiger partial charge on any atom is 0.306 e. The van der Waals surface area contributed by atoms with Crippen molar-refractivity contribution in [1.82, 2.24) is 0 Å². The number of unbranched alkanes of at least 4 members (excludes halogenated alkanes) is 24. The number of rotatable bonds is 51. The minimum absolute atomic E-state index is 0.101. The fourth-order valence-electron chi connectivity index (χ4n) is 7.80. The van der Waals surface area contributed by atoms with E-state index in [1.807, 2.05) is 0 Å². The predicted octanol–water partition coefficient (Wildman–Crippen LogP) is 19.3. The molecule has 6 heteroatoms. The monoisotopic (exact) mass is 959 g/mol. The average molecular weight is 960 g/mol. The van der Waals surface area contributed by atoms with Gasteiger partial charge in [0.15, 0.2) is 6.10 Å². The van der Waals surface area contributed by atoms with Gasteiger partial charge in [0.05, 0.1) is 0 Å². The first-order chi connectivity index (χ1) is 34.0. The van der Waals surface area contributed by atoms with Gasteiger partial charge in [0.1, 0.15) is 13.2 Å². The summed E-state index contributed by atoms with van der Waals surface area (Å²) >= 11 is 0. The summed E-state index contributed by atoms with van der Waals surface area (Å²) in [4.78, 5) is 38.1. The molecule has 1 atom stereocenters. The predicted molar refractivity (Wildman–Crippen MR) is 297 cm³/mol. The van der Waals surface area contributed by atoms with Gasteiger partial charge in [0.25, 0.3) is 0 Å². The summed E-state index contributed by atoms with van der Waals surface area (Å²) < 4.78 is 16.8. The Morgan fingerprint density at radius 3 is 0.928 bits per heavy atom. The van der Waals surface area contributed by atoms with Gasteiger partial charge in [-0.3, -0.25) is 14.4 Å². The Bertz CT molecular complexity index is 1380. The van der Waals surface area contributed by atoms with Gasteiger partial charge in [-0.25, -0.2) is 0 Å². The van der Waals surface area contributed by atoms with Crippen LogP contribution in [0.4, 0.5) is 0 Å². The van der Waals surface area contributed by atoms with Crippen LogP contribution >= 0.6 is 0 Å². The maximum atomic E-state index is 12.8. The van der Waals surface area contributed by atoms with Crippen LogP contribution < -0.4 is 0 Å². The molecule has 0 aliphatic carbocycles. The Morgan fingerprint density at radius 1 is 0.304 bits per heavy atom. The van der Waals surface area contributed by atoms with Gasteiger partial charge >= 0.3 is 17.9 Å². The average Bonchev–Trinajstić information content (AvgIpc) is 3.35. The lowest BCUT2D eigenvalue weighted by Crippen LogP contribution is -2.30. The van der Waals surface area contributed by atoms with Crippen molar-refractivity contribution < 1.29 is 28.6 Å². The van der Waals surface area contributed by atoms with Crippen molar-refractivity contribution in [1.29, 1.82) is 0 Å². The molecule has 0 saturated heterocycles. The molecule has 0 spiro atoms. The van der Waals surface area contributed by atoms with Gasteiger partial charge in [-0.05, 0) is 116 Å². The van der Waals surface area contributed by atoms with Crippen molar-refractivity contribution in [2.75, 3.05) is 13.2 Å². The normalized spacial score (nSPS) is 12.8. The van der Waals surface area contributed by atoms with Gasteiger partial charge in [-0.1, -0.05) is 227 Å². The van der Waals surface area contributed by atoms with Gasteiger partial charge in [-0.15, -0.1) is 0 Å². The Balaban J connectivity index is 4.42. The zero-order valence-electron chi connectivity index (χ0n) is 45.0. The second-order valence-corrected chi connectivity index (χ2v) is 18.8. The summed E-state index contributed by atoms with van der Waals surface area (Å²) in [5.74, 6) is -0.960. The molecular weight excluding hydrogens is 853 g/mol. The van der Waals surface area contributed by atoms with Crippen molar-refractivity contribution in [3.63, 3.8) is 0 Å². The second kappa shape index (κ2) is 56.9. The molecule has 0 N–H and O–H groups in total. The summed E-state index contributed by atoms with van der Waals surface area (Å²) in [5, 5.41) is 0. The number of hydrogen-bond donors (Lipinski definition) is 0. The van der Waals surface area contributed by atoms with Gasteiger partial charge < -0.3 is 14.2 Å². The van der Waals surface area contributed by atoms with Crippen LogP contribution in [0.15, 0.2) is 97.2 Å². The summed E-state index contributed by atoms with van der Waals surface area (Å²) in [5.41, 5.74) is 0. The summed E-state index contributed by atoms with van der Waals surface area (Å²) in [7, 11) is 0. The van der Waals surface area contributed by atoms with Crippen LogP contribution in [0.3, 0.4) is 0 Å². The van der Waals surface area contributed by atoms with E-state index < -0.39 is 6.10 Å². The molecule has 0 aliphatic heterocycles. The number of esters is 3. The summed E-state index contributed by atoms with van der Waals surface area (Å²) in [6, 6.07) is 0. The molecule has 0 aromatic rings. The third kappa shape index (κ3) is 55.1. The Labute approximate surface area is 426 Å². The molecule has 0 bridgehead atoms. The SMILES string of the molecule is CC/C=C\C/C=C\C/C=C\C/C=C\CCCCC(=O)OC(COC(=O)CCCCCCC/C=C\C/C=C\C/C=C\CC)COC(=O)CCCCCCCCCCC/C=C\CCCCCCCCCC. The molecular formula is C63H106O6. The van der Waals surface area contributed by atoms with Crippen LogP contribution in [0.2, 0.25) is 0 Å². The van der Waals surface area contributed by atoms with Crippen LogP contribution in [0.5, 0.6) is 0 Å². The lowest BCUT2D eigenvalue weighted by molar-refractivity contribution is -0.167. The molecule has 0 aromatic heterocycles. The van der Waals surface area contributed by atoms with Gasteiger partial charge in [0.2, 0.25) is 0 Å². The number of carbonyl (C=O) groups excluding carboxylic acids is 3. The van der Waals surface area contributed by atoms with E-state index in [-0.39, 0.29) is 37.5 Å². The van der Waals surface area contributed by atoms with E-state index in [2.05, 4.69) is 118 Å². The quantitative estimate of drug-likeness (QED) is 0.0262. The van der Waals surface area contributed by atoms with Gasteiger partial charge in [-0.2, -0.15) is 0 Å². The van der Waals surface area contributed by atoms with E-state index in [0.29, 0.717) is 19.3 Å². The molecule has 69 heavy (non-hydrogen) atoms. The molecule has 394 valence electrons. The molecule has 0 radical (unpaired) electrons. The zero-order valence-corrected chi connectivity index (χ0v) is 45.0. The summed E-state index contributed by atoms with van der Waals surface area (Å²) in [6.07, 6.45) is 75.5. The lowest BCUT2D eigenvalue weighted by Gasteiger charge is -2.18. The van der Waals surface area contributed by atoms with Crippen molar-refractivity contribution >= 4 is 17.9 Å². The number of hydrogen-bond acceptors (Lipinski definition) is 6. The molecule has 0 aliphatic rings. The largest absolute Gasteiger partial charge is 0.462 e. The number of ether oxygens (including phenoxy) is 3. The zero-order chi connectivity index (χ0) is 50.0. The molecule has 0 saturated carbocycles. The van der Waals surface area contributed by atoms with Crippen LogP contribution in [-0.4, -0.2) is 37.2 Å². The molecule has 0 amide bonds. The highest BCUT2D eigenvalue weighted by molar-refractivity contribution is 5.71. The van der Waals surface area contributed by atoms with Crippen molar-refractivity contribution in [3.05, 3.63) is 97.2 Å². The first-order valence-corrected chi connectivity index (χ1v) is 28.7. The third-order valence-corrected chi connectivity index (χ3v) is 12.1. The third-order valence-electron chi connectivity index (χ3n) is 12.1. The Hall–Kier alpha value is -3.67. The lowest BCUT2D eigenvalue weighted by atomic mass is 10.1. The fourth-order valence-corrected chi connectivity index (χ4v) is 7.80. The van der Waals surface area contributed by atoms with Crippen LogP contribution in [0.1, 0.15) is 265 Å². The van der Waals surface area contributed by atoms with Crippen LogP contribution in [0, 0.1) is 0 Å². The highest BCUT2D eigenvalue weighted by Crippen LogP contribution is 2.15. The van der Waals surface area contributed by atoms with Crippen molar-refractivity contribution in [2.45, 2.75) is 271 Å². The Morgan fingerprint density at radius 2 is 0.565 bits per heavy atom. The highest BCUT2D eigenvalue weighted by atomic mass is 16.6. The minimum atomic E-state index is -0.808. The molecule has 1 unspecified atom stereocenters. The highest BCUT2D eigenvalue weighted by Gasteiger charge is 2.19. The van der Waals surface area contributed by atoms with E-state index >= 15 is 0 Å². The molecule has 0 rings (SSSR count). The van der Waals surface area contributed by atoms with E-state index in [9.17, 15) is 14.4 Å². The smallest absolute Gasteiger partial charge is 0.306 e. The minimum Gasteiger partial charge on any atom is -0.462 e. The van der Waals surface area contributed by atoms with E-state index in [0.717, 1.165) is 116 Å². The van der Waals surface area contributed by atoms with Crippen LogP contribution in [0.25, 0.3) is 0 Å². The Kier molecular flexibility index (Phi) is 53.9. The van der Waals surface area contributed by atoms with Crippen LogP contribution in [-0.2, 0) is 28.6 Å². The fraction of sp³-hybridized carbons (Fsp3) is 0.698. The maximum absolute atomic E-state index is 12.8. The first kappa shape index (κ1) is 65.3. The molecule has 0 heterocycles. The van der Waals surface area contributed by atoms with E-state index in [1.165, 1.54) is 103 Å². The van der Waals surface area contributed by atoms with E-state index in [1.54, 1.807) is 0 Å². The molecule has 6 nitrogen and oxygen atoms in total.